The van der Waals surface area contributed by atoms with Crippen LogP contribution in [0.25, 0.3) is 0 Å². The molecule has 0 radical (unpaired) electrons. The van der Waals surface area contributed by atoms with E-state index in [1.807, 2.05) is 17.0 Å². The second-order valence-electron chi connectivity index (χ2n) is 4.08. The van der Waals surface area contributed by atoms with Gasteiger partial charge in [0.2, 0.25) is 0 Å². The molecule has 2 N–H and O–H groups in total. The summed E-state index contributed by atoms with van der Waals surface area (Å²) in [4.78, 5) is 15.6. The highest BCUT2D eigenvalue weighted by Gasteiger charge is 2.17. The second kappa shape index (κ2) is 6.43. The molecule has 1 fully saturated rings. The van der Waals surface area contributed by atoms with Gasteiger partial charge in [-0.3, -0.25) is 0 Å². The molecule has 4 nitrogen and oxygen atoms in total. The van der Waals surface area contributed by atoms with Crippen molar-refractivity contribution in [2.75, 3.05) is 19.7 Å². The molecule has 2 rings (SSSR count). The van der Waals surface area contributed by atoms with E-state index in [-0.39, 0.29) is 12.6 Å². The number of likely N-dealkylation sites (tertiary alicyclic amines) is 1. The number of nitrogens with zero attached hydrogens (tertiary/aromatic N) is 1. The van der Waals surface area contributed by atoms with Crippen molar-refractivity contribution in [1.82, 2.24) is 10.2 Å². The van der Waals surface area contributed by atoms with Crippen LogP contribution < -0.4 is 5.32 Å². The average Bonchev–Trinajstić information content (AvgIpc) is 3.04. The lowest BCUT2D eigenvalue weighted by molar-refractivity contribution is 0.208. The molecular formula is C13H16N2O2S. The Kier molecular flexibility index (Phi) is 4.62. The SMILES string of the molecule is O=C(NCc1ccc(C#CCO)s1)N1CCCC1. The highest BCUT2D eigenvalue weighted by atomic mass is 32.1. The number of hydrogen-bond donors (Lipinski definition) is 2. The minimum Gasteiger partial charge on any atom is -0.384 e. The third-order valence-electron chi connectivity index (χ3n) is 2.76. The number of thiophene rings is 1. The molecule has 1 aromatic heterocycles. The predicted octanol–water partition coefficient (Wildman–Crippen LogP) is 1.40. The van der Waals surface area contributed by atoms with Crippen molar-refractivity contribution in [2.45, 2.75) is 19.4 Å². The Morgan fingerprint density at radius 2 is 2.22 bits per heavy atom. The first-order valence-corrected chi connectivity index (χ1v) is 6.82. The Balaban J connectivity index is 1.82. The fourth-order valence-corrected chi connectivity index (χ4v) is 2.68. The van der Waals surface area contributed by atoms with Gasteiger partial charge in [-0.25, -0.2) is 4.79 Å². The lowest BCUT2D eigenvalue weighted by Gasteiger charge is -2.15. The third-order valence-corrected chi connectivity index (χ3v) is 3.76. The molecule has 18 heavy (non-hydrogen) atoms. The predicted molar refractivity (Wildman–Crippen MR) is 71.3 cm³/mol. The summed E-state index contributed by atoms with van der Waals surface area (Å²) < 4.78 is 0. The van der Waals surface area contributed by atoms with E-state index in [1.165, 1.54) is 11.3 Å². The quantitative estimate of drug-likeness (QED) is 0.793. The minimum atomic E-state index is -0.126. The first-order valence-electron chi connectivity index (χ1n) is 6.01. The van der Waals surface area contributed by atoms with Gasteiger partial charge in [0.25, 0.3) is 0 Å². The molecule has 1 aliphatic rings. The van der Waals surface area contributed by atoms with Gasteiger partial charge >= 0.3 is 6.03 Å². The lowest BCUT2D eigenvalue weighted by atomic mass is 10.4. The minimum absolute atomic E-state index is 0.0175. The molecule has 96 valence electrons. The molecule has 0 atom stereocenters. The van der Waals surface area contributed by atoms with E-state index in [1.54, 1.807) is 0 Å². The van der Waals surface area contributed by atoms with E-state index in [0.29, 0.717) is 6.54 Å². The van der Waals surface area contributed by atoms with Gasteiger partial charge in [-0.2, -0.15) is 0 Å². The third kappa shape index (κ3) is 3.49. The molecule has 1 aliphatic heterocycles. The summed E-state index contributed by atoms with van der Waals surface area (Å²) in [6.07, 6.45) is 2.21. The highest BCUT2D eigenvalue weighted by molar-refractivity contribution is 7.12. The van der Waals surface area contributed by atoms with Crippen molar-refractivity contribution in [3.8, 4) is 11.8 Å². The molecule has 0 aliphatic carbocycles. The summed E-state index contributed by atoms with van der Waals surface area (Å²) in [6.45, 7) is 2.15. The van der Waals surface area contributed by atoms with Gasteiger partial charge in [-0.15, -0.1) is 11.3 Å². The number of hydrogen-bond acceptors (Lipinski definition) is 3. The van der Waals surface area contributed by atoms with Crippen molar-refractivity contribution < 1.29 is 9.90 Å². The van der Waals surface area contributed by atoms with E-state index in [2.05, 4.69) is 17.2 Å². The van der Waals surface area contributed by atoms with E-state index < -0.39 is 0 Å². The molecule has 2 amide bonds. The fourth-order valence-electron chi connectivity index (χ4n) is 1.86. The number of nitrogens with one attached hydrogen (secondary N) is 1. The standard InChI is InChI=1S/C13H16N2O2S/c16-9-3-4-11-5-6-12(18-11)10-14-13(17)15-7-1-2-8-15/h5-6,16H,1-2,7-10H2,(H,14,17). The molecule has 1 saturated heterocycles. The Morgan fingerprint density at radius 3 is 2.94 bits per heavy atom. The monoisotopic (exact) mass is 264 g/mol. The summed E-state index contributed by atoms with van der Waals surface area (Å²) in [5.41, 5.74) is 0. The Bertz CT molecular complexity index is 467. The molecule has 0 unspecified atom stereocenters. The summed E-state index contributed by atoms with van der Waals surface area (Å²) in [5.74, 6) is 5.46. The van der Waals surface area contributed by atoms with Gasteiger partial charge in [0, 0.05) is 18.0 Å². The number of carbonyl (C=O) groups is 1. The number of amides is 2. The zero-order valence-electron chi connectivity index (χ0n) is 10.1. The van der Waals surface area contributed by atoms with Crippen LogP contribution in [0.5, 0.6) is 0 Å². The van der Waals surface area contributed by atoms with Crippen LogP contribution in [0.2, 0.25) is 0 Å². The van der Waals surface area contributed by atoms with Gasteiger partial charge in [-0.05, 0) is 25.0 Å². The lowest BCUT2D eigenvalue weighted by Crippen LogP contribution is -2.37. The molecule has 0 spiro atoms. The molecule has 2 heterocycles. The van der Waals surface area contributed by atoms with Crippen molar-refractivity contribution >= 4 is 17.4 Å². The van der Waals surface area contributed by atoms with Crippen molar-refractivity contribution in [3.05, 3.63) is 21.9 Å². The largest absolute Gasteiger partial charge is 0.384 e. The van der Waals surface area contributed by atoms with Crippen molar-refractivity contribution in [2.24, 2.45) is 0 Å². The normalized spacial score (nSPS) is 14.2. The maximum atomic E-state index is 11.8. The molecule has 0 aromatic carbocycles. The second-order valence-corrected chi connectivity index (χ2v) is 5.25. The smallest absolute Gasteiger partial charge is 0.317 e. The number of carbonyl (C=O) groups excluding carboxylic acids is 1. The van der Waals surface area contributed by atoms with Crippen LogP contribution in [-0.2, 0) is 6.54 Å². The maximum Gasteiger partial charge on any atom is 0.317 e. The number of aliphatic hydroxyl groups excluding tert-OH is 1. The summed E-state index contributed by atoms with van der Waals surface area (Å²) >= 11 is 1.54. The highest BCUT2D eigenvalue weighted by Crippen LogP contribution is 2.15. The average molecular weight is 264 g/mol. The van der Waals surface area contributed by atoms with Crippen LogP contribution >= 0.6 is 11.3 Å². The summed E-state index contributed by atoms with van der Waals surface area (Å²) in [6, 6.07) is 3.88. The Morgan fingerprint density at radius 1 is 1.44 bits per heavy atom. The van der Waals surface area contributed by atoms with Gasteiger partial charge < -0.3 is 15.3 Å². The van der Waals surface area contributed by atoms with E-state index in [0.717, 1.165) is 35.7 Å². The van der Waals surface area contributed by atoms with Crippen molar-refractivity contribution in [3.63, 3.8) is 0 Å². The van der Waals surface area contributed by atoms with Crippen LogP contribution in [-0.4, -0.2) is 35.7 Å². The molecule has 0 bridgehead atoms. The summed E-state index contributed by atoms with van der Waals surface area (Å²) in [7, 11) is 0. The van der Waals surface area contributed by atoms with Gasteiger partial charge in [0.05, 0.1) is 11.4 Å². The van der Waals surface area contributed by atoms with E-state index in [4.69, 9.17) is 5.11 Å². The molecule has 0 saturated carbocycles. The Labute approximate surface area is 111 Å². The van der Waals surface area contributed by atoms with Crippen LogP contribution in [0, 0.1) is 11.8 Å². The van der Waals surface area contributed by atoms with Crippen LogP contribution in [0.1, 0.15) is 22.6 Å². The van der Waals surface area contributed by atoms with Crippen LogP contribution in [0.3, 0.4) is 0 Å². The van der Waals surface area contributed by atoms with Gasteiger partial charge in [0.1, 0.15) is 6.61 Å². The maximum absolute atomic E-state index is 11.8. The van der Waals surface area contributed by atoms with Gasteiger partial charge in [-0.1, -0.05) is 11.8 Å². The number of urea groups is 1. The number of aliphatic hydroxyl groups is 1. The Hall–Kier alpha value is -1.51. The first-order chi connectivity index (χ1) is 8.79. The molecule has 5 heteroatoms. The van der Waals surface area contributed by atoms with E-state index >= 15 is 0 Å². The van der Waals surface area contributed by atoms with Crippen LogP contribution in [0.15, 0.2) is 12.1 Å². The number of rotatable bonds is 2. The van der Waals surface area contributed by atoms with E-state index in [9.17, 15) is 4.79 Å². The zero-order chi connectivity index (χ0) is 12.8. The van der Waals surface area contributed by atoms with Crippen molar-refractivity contribution in [1.29, 1.82) is 0 Å². The van der Waals surface area contributed by atoms with Gasteiger partial charge in [0.15, 0.2) is 0 Å². The summed E-state index contributed by atoms with van der Waals surface area (Å²) in [5, 5.41) is 11.5. The fraction of sp³-hybridized carbons (Fsp3) is 0.462. The zero-order valence-corrected chi connectivity index (χ0v) is 10.9. The molecule has 1 aromatic rings. The first kappa shape index (κ1) is 12.9. The topological polar surface area (TPSA) is 52.6 Å². The molecular weight excluding hydrogens is 248 g/mol. The van der Waals surface area contributed by atoms with Crippen LogP contribution in [0.4, 0.5) is 4.79 Å².